The topological polar surface area (TPSA) is 76.0 Å². The van der Waals surface area contributed by atoms with Crippen molar-refractivity contribution < 1.29 is 17.9 Å². The summed E-state index contributed by atoms with van der Waals surface area (Å²) in [6, 6.07) is 10.2. The molecule has 2 aromatic rings. The molecule has 0 unspecified atom stereocenters. The maximum Gasteiger partial charge on any atom is 0.292 e. The summed E-state index contributed by atoms with van der Waals surface area (Å²) in [7, 11) is -3.82. The van der Waals surface area contributed by atoms with E-state index in [0.29, 0.717) is 43.1 Å². The zero-order chi connectivity index (χ0) is 18.1. The molecule has 0 amide bonds. The number of carbonyl (C=O) groups is 1. The van der Waals surface area contributed by atoms with E-state index in [-0.39, 0.29) is 15.7 Å². The van der Waals surface area contributed by atoms with Crippen LogP contribution in [0.4, 0.5) is 0 Å². The highest BCUT2D eigenvalue weighted by molar-refractivity contribution is 7.92. The summed E-state index contributed by atoms with van der Waals surface area (Å²) in [6.07, 6.45) is 1.58. The van der Waals surface area contributed by atoms with E-state index in [1.165, 1.54) is 6.07 Å². The van der Waals surface area contributed by atoms with Crippen molar-refractivity contribution in [3.05, 3.63) is 64.7 Å². The zero-order valence-electron chi connectivity index (χ0n) is 13.8. The monoisotopic (exact) mass is 388 g/mol. The first-order valence-corrected chi connectivity index (χ1v) is 10.5. The molecule has 2 heterocycles. The molecule has 8 heteroatoms. The number of ketones is 1. The molecule has 4 rings (SSSR count). The van der Waals surface area contributed by atoms with Crippen molar-refractivity contribution in [2.45, 2.75) is 4.21 Å². The minimum Gasteiger partial charge on any atom is -0.378 e. The van der Waals surface area contributed by atoms with Crippen LogP contribution in [-0.2, 0) is 14.8 Å². The van der Waals surface area contributed by atoms with E-state index >= 15 is 0 Å². The van der Waals surface area contributed by atoms with E-state index in [2.05, 4.69) is 4.40 Å². The molecule has 1 aliphatic heterocycles. The van der Waals surface area contributed by atoms with Crippen LogP contribution in [0.25, 0.3) is 0 Å². The van der Waals surface area contributed by atoms with E-state index in [1.54, 1.807) is 41.8 Å². The average molecular weight is 388 g/mol. The van der Waals surface area contributed by atoms with Gasteiger partial charge in [0.25, 0.3) is 10.0 Å². The summed E-state index contributed by atoms with van der Waals surface area (Å²) in [5.74, 6) is -0.116. The number of sulfonamides is 1. The van der Waals surface area contributed by atoms with Crippen LogP contribution < -0.4 is 0 Å². The highest BCUT2D eigenvalue weighted by Crippen LogP contribution is 2.27. The van der Waals surface area contributed by atoms with Gasteiger partial charge in [0.1, 0.15) is 4.21 Å². The Morgan fingerprint density at radius 1 is 1.04 bits per heavy atom. The first kappa shape index (κ1) is 17.1. The second-order valence-corrected chi connectivity index (χ2v) is 8.67. The number of carbonyl (C=O) groups excluding carboxylic acids is 1. The molecule has 134 valence electrons. The lowest BCUT2D eigenvalue weighted by Gasteiger charge is -2.32. The van der Waals surface area contributed by atoms with Gasteiger partial charge < -0.3 is 9.64 Å². The predicted octanol–water partition coefficient (Wildman–Crippen LogP) is 2.34. The number of ether oxygens (including phenoxy) is 1. The van der Waals surface area contributed by atoms with E-state index in [4.69, 9.17) is 4.74 Å². The summed E-state index contributed by atoms with van der Waals surface area (Å²) >= 11 is 1.12. The minimum absolute atomic E-state index is 0.116. The number of thiophene rings is 1. The van der Waals surface area contributed by atoms with Crippen LogP contribution in [0.5, 0.6) is 0 Å². The molecule has 0 spiro atoms. The van der Waals surface area contributed by atoms with Gasteiger partial charge in [-0.25, -0.2) is 0 Å². The van der Waals surface area contributed by atoms with Crippen LogP contribution in [0.15, 0.2) is 62.2 Å². The summed E-state index contributed by atoms with van der Waals surface area (Å²) in [4.78, 5) is 14.8. The molecular formula is C18H16N2O4S2. The number of benzene rings is 1. The second-order valence-electron chi connectivity index (χ2n) is 5.89. The van der Waals surface area contributed by atoms with Crippen LogP contribution in [0.3, 0.4) is 0 Å². The molecule has 0 saturated carbocycles. The van der Waals surface area contributed by atoms with Gasteiger partial charge in [-0.1, -0.05) is 30.3 Å². The Morgan fingerprint density at radius 2 is 1.77 bits per heavy atom. The Kier molecular flexibility index (Phi) is 4.47. The highest BCUT2D eigenvalue weighted by Gasteiger charge is 2.29. The smallest absolute Gasteiger partial charge is 0.292 e. The first-order valence-electron chi connectivity index (χ1n) is 8.13. The van der Waals surface area contributed by atoms with E-state index in [1.807, 2.05) is 4.90 Å². The third-order valence-electron chi connectivity index (χ3n) is 4.27. The van der Waals surface area contributed by atoms with Crippen LogP contribution in [0.1, 0.15) is 15.9 Å². The van der Waals surface area contributed by atoms with Gasteiger partial charge in [0, 0.05) is 24.2 Å². The van der Waals surface area contributed by atoms with Crippen LogP contribution >= 0.6 is 11.3 Å². The van der Waals surface area contributed by atoms with Gasteiger partial charge in [-0.2, -0.15) is 12.8 Å². The normalized spacial score (nSPS) is 19.4. The van der Waals surface area contributed by atoms with Crippen molar-refractivity contribution in [3.63, 3.8) is 0 Å². The minimum atomic E-state index is -3.82. The van der Waals surface area contributed by atoms with Crippen molar-refractivity contribution in [1.82, 2.24) is 4.90 Å². The summed E-state index contributed by atoms with van der Waals surface area (Å²) < 4.78 is 34.8. The fourth-order valence-electron chi connectivity index (χ4n) is 3.01. The molecule has 1 aromatic heterocycles. The van der Waals surface area contributed by atoms with E-state index < -0.39 is 10.0 Å². The van der Waals surface area contributed by atoms with Gasteiger partial charge in [-0.15, -0.1) is 11.3 Å². The maximum absolute atomic E-state index is 12.9. The summed E-state index contributed by atoms with van der Waals surface area (Å²) in [6.45, 7) is 2.24. The number of rotatable bonds is 3. The Balaban J connectivity index is 1.84. The lowest BCUT2D eigenvalue weighted by molar-refractivity contribution is 0.0507. The Morgan fingerprint density at radius 3 is 2.46 bits per heavy atom. The SMILES string of the molecule is O=C1C(N2CCOCC2)=C/C(=N/S(=O)(=O)c2cccs2)c2ccccc21. The molecule has 1 fully saturated rings. The van der Waals surface area contributed by atoms with Gasteiger partial charge in [-0.05, 0) is 17.5 Å². The van der Waals surface area contributed by atoms with Crippen molar-refractivity contribution in [2.75, 3.05) is 26.3 Å². The highest BCUT2D eigenvalue weighted by atomic mass is 32.2. The maximum atomic E-state index is 12.9. The lowest BCUT2D eigenvalue weighted by Crippen LogP contribution is -2.39. The lowest BCUT2D eigenvalue weighted by atomic mass is 9.91. The Bertz CT molecular complexity index is 1000. The quantitative estimate of drug-likeness (QED) is 0.807. The summed E-state index contributed by atoms with van der Waals surface area (Å²) in [5.41, 5.74) is 1.76. The predicted molar refractivity (Wildman–Crippen MR) is 99.3 cm³/mol. The van der Waals surface area contributed by atoms with E-state index in [0.717, 1.165) is 11.3 Å². The third kappa shape index (κ3) is 3.11. The van der Waals surface area contributed by atoms with Crippen molar-refractivity contribution in [2.24, 2.45) is 4.40 Å². The standard InChI is InChI=1S/C18H16N2O4S2/c21-18-14-5-2-1-4-13(14)15(12-16(18)20-7-9-24-10-8-20)19-26(22,23)17-6-3-11-25-17/h1-6,11-12H,7-10H2/b19-15-. The van der Waals surface area contributed by atoms with Gasteiger partial charge >= 0.3 is 0 Å². The van der Waals surface area contributed by atoms with Crippen molar-refractivity contribution in [1.29, 1.82) is 0 Å². The number of fused-ring (bicyclic) bond motifs is 1. The molecule has 26 heavy (non-hydrogen) atoms. The molecule has 0 radical (unpaired) electrons. The van der Waals surface area contributed by atoms with Crippen LogP contribution in [0.2, 0.25) is 0 Å². The molecule has 0 atom stereocenters. The number of hydrogen-bond donors (Lipinski definition) is 0. The van der Waals surface area contributed by atoms with E-state index in [9.17, 15) is 13.2 Å². The van der Waals surface area contributed by atoms with Crippen LogP contribution in [-0.4, -0.2) is 51.1 Å². The number of Topliss-reactive ketones (excluding diaryl/α,β-unsaturated/α-hetero) is 1. The molecule has 1 saturated heterocycles. The molecule has 0 N–H and O–H groups in total. The fraction of sp³-hybridized carbons (Fsp3) is 0.222. The van der Waals surface area contributed by atoms with Crippen LogP contribution in [0, 0.1) is 0 Å². The number of morpholine rings is 1. The Hall–Kier alpha value is -2.29. The molecular weight excluding hydrogens is 372 g/mol. The second kappa shape index (κ2) is 6.79. The molecule has 6 nitrogen and oxygen atoms in total. The van der Waals surface area contributed by atoms with Gasteiger partial charge in [-0.3, -0.25) is 4.79 Å². The zero-order valence-corrected chi connectivity index (χ0v) is 15.4. The largest absolute Gasteiger partial charge is 0.378 e. The molecule has 1 aromatic carbocycles. The number of nitrogens with zero attached hydrogens (tertiary/aromatic N) is 2. The Labute approximate surface area is 155 Å². The molecule has 1 aliphatic carbocycles. The first-order chi connectivity index (χ1) is 12.6. The molecule has 0 bridgehead atoms. The summed E-state index contributed by atoms with van der Waals surface area (Å²) in [5, 5.41) is 1.69. The van der Waals surface area contributed by atoms with Crippen molar-refractivity contribution >= 4 is 32.9 Å². The molecule has 2 aliphatic rings. The van der Waals surface area contributed by atoms with Crippen molar-refractivity contribution in [3.8, 4) is 0 Å². The number of hydrogen-bond acceptors (Lipinski definition) is 6. The average Bonchev–Trinajstić information content (AvgIpc) is 3.21. The van der Waals surface area contributed by atoms with Gasteiger partial charge in [0.15, 0.2) is 0 Å². The van der Waals surface area contributed by atoms with Gasteiger partial charge in [0.05, 0.1) is 24.6 Å². The van der Waals surface area contributed by atoms with Gasteiger partial charge in [0.2, 0.25) is 5.78 Å². The number of allylic oxidation sites excluding steroid dienone is 2. The third-order valence-corrected chi connectivity index (χ3v) is 6.94. The fourth-order valence-corrected chi connectivity index (χ4v) is 4.98.